The van der Waals surface area contributed by atoms with Crippen molar-refractivity contribution in [3.8, 4) is 0 Å². The van der Waals surface area contributed by atoms with Gasteiger partial charge in [-0.05, 0) is 77.6 Å². The van der Waals surface area contributed by atoms with E-state index in [9.17, 15) is 0 Å². The van der Waals surface area contributed by atoms with Gasteiger partial charge in [-0.1, -0.05) is 255 Å². The van der Waals surface area contributed by atoms with Crippen molar-refractivity contribution in [2.75, 3.05) is 0 Å². The molecule has 0 amide bonds. The smallest absolute Gasteiger partial charge is 0.00268 e. The summed E-state index contributed by atoms with van der Waals surface area (Å²) >= 11 is 1.71. The average Bonchev–Trinajstić information content (AvgIpc) is 3.91. The van der Waals surface area contributed by atoms with Crippen molar-refractivity contribution in [3.63, 3.8) is 0 Å². The van der Waals surface area contributed by atoms with Crippen molar-refractivity contribution in [2.45, 2.75) is 0 Å². The minimum atomic E-state index is 1.22. The minimum absolute atomic E-state index is 1.22. The zero-order chi connectivity index (χ0) is 38.7. The first kappa shape index (κ1) is 38.2. The molecular weight excluding hydrogens is 705 g/mol. The van der Waals surface area contributed by atoms with Gasteiger partial charge in [0.25, 0.3) is 0 Å². The Labute approximate surface area is 342 Å². The van der Waals surface area contributed by atoms with Crippen LogP contribution < -0.4 is 0 Å². The Morgan fingerprint density at radius 2 is 0.316 bits per heavy atom. The van der Waals surface area contributed by atoms with E-state index in [-0.39, 0.29) is 0 Å². The fourth-order valence-electron chi connectivity index (χ4n) is 6.89. The minimum Gasteiger partial charge on any atom is -0.152 e. The first-order valence-electron chi connectivity index (χ1n) is 19.3. The molecule has 8 aromatic carbocycles. The Balaban J connectivity index is 0.000000155. The van der Waals surface area contributed by atoms with Crippen LogP contribution in [0.1, 0.15) is 44.5 Å². The van der Waals surface area contributed by atoms with Gasteiger partial charge in [0.1, 0.15) is 0 Å². The summed E-state index contributed by atoms with van der Waals surface area (Å²) in [6.07, 6.45) is 0. The second kappa shape index (κ2) is 20.6. The highest BCUT2D eigenvalue weighted by atomic mass is 32.1. The molecule has 0 atom stereocenters. The van der Waals surface area contributed by atoms with Crippen LogP contribution in [-0.4, -0.2) is 0 Å². The van der Waals surface area contributed by atoms with Gasteiger partial charge in [-0.15, -0.1) is 0 Å². The van der Waals surface area contributed by atoms with E-state index in [2.05, 4.69) is 243 Å². The van der Waals surface area contributed by atoms with E-state index >= 15 is 0 Å². The van der Waals surface area contributed by atoms with Crippen LogP contribution in [0.15, 0.2) is 266 Å². The molecule has 0 aliphatic heterocycles. The summed E-state index contributed by atoms with van der Waals surface area (Å²) in [7, 11) is 0. The fraction of sp³-hybridized carbons (Fsp3) is 0. The largest absolute Gasteiger partial charge is 0.152 e. The third-order valence-electron chi connectivity index (χ3n) is 9.43. The van der Waals surface area contributed by atoms with Crippen LogP contribution in [0.5, 0.6) is 0 Å². The maximum absolute atomic E-state index is 2.19. The molecule has 0 aliphatic carbocycles. The van der Waals surface area contributed by atoms with Crippen molar-refractivity contribution in [2.24, 2.45) is 0 Å². The molecule has 0 bridgehead atoms. The first-order chi connectivity index (χ1) is 28.4. The SMILES string of the molecule is c1ccc(C(=C(c2ccccc2)c2ccccc2)c2ccccc2)cc1.c1ccc(C(=C(c2ccccc2)c2ccccc2)c2ccccc2)cc1.c1ccsc1. The quantitative estimate of drug-likeness (QED) is 0.136. The van der Waals surface area contributed by atoms with E-state index in [0.29, 0.717) is 0 Å². The molecule has 0 radical (unpaired) electrons. The standard InChI is InChI=1S/2C26H20.C4H4S/c2*1-5-13-21(14-6-1)25(22-15-7-2-8-16-22)26(23-17-9-3-10-18-23)24-19-11-4-12-20-24;1-2-4-5-3-1/h2*1-20H;1-4H. The summed E-state index contributed by atoms with van der Waals surface area (Å²) < 4.78 is 0. The zero-order valence-electron chi connectivity index (χ0n) is 31.8. The highest BCUT2D eigenvalue weighted by molar-refractivity contribution is 7.07. The Kier molecular flexibility index (Phi) is 13.8. The van der Waals surface area contributed by atoms with Crippen molar-refractivity contribution < 1.29 is 0 Å². The Morgan fingerprint density at radius 3 is 0.421 bits per heavy atom. The molecule has 0 nitrogen and oxygen atoms in total. The van der Waals surface area contributed by atoms with Gasteiger partial charge >= 0.3 is 0 Å². The molecular formula is C56H44S. The Morgan fingerprint density at radius 1 is 0.175 bits per heavy atom. The van der Waals surface area contributed by atoms with Crippen LogP contribution in [0.25, 0.3) is 22.3 Å². The van der Waals surface area contributed by atoms with Crippen molar-refractivity contribution >= 4 is 33.6 Å². The van der Waals surface area contributed by atoms with Crippen molar-refractivity contribution in [3.05, 3.63) is 310 Å². The second-order valence-corrected chi connectivity index (χ2v) is 14.0. The summed E-state index contributed by atoms with van der Waals surface area (Å²) in [4.78, 5) is 0. The van der Waals surface area contributed by atoms with E-state index in [1.165, 1.54) is 66.8 Å². The van der Waals surface area contributed by atoms with Gasteiger partial charge in [-0.25, -0.2) is 0 Å². The normalized spacial score (nSPS) is 10.1. The van der Waals surface area contributed by atoms with Gasteiger partial charge in [-0.2, -0.15) is 11.3 Å². The molecule has 1 heterocycles. The van der Waals surface area contributed by atoms with Crippen LogP contribution in [0.2, 0.25) is 0 Å². The molecule has 1 heteroatoms. The lowest BCUT2D eigenvalue weighted by atomic mass is 9.86. The molecule has 57 heavy (non-hydrogen) atoms. The lowest BCUT2D eigenvalue weighted by molar-refractivity contribution is 1.50. The van der Waals surface area contributed by atoms with Gasteiger partial charge in [0, 0.05) is 0 Å². The summed E-state index contributed by atoms with van der Waals surface area (Å²) in [5.74, 6) is 0. The van der Waals surface area contributed by atoms with E-state index in [1.54, 1.807) is 11.3 Å². The molecule has 274 valence electrons. The number of thiophene rings is 1. The van der Waals surface area contributed by atoms with Crippen LogP contribution in [0, 0.1) is 0 Å². The van der Waals surface area contributed by atoms with E-state index in [1.807, 2.05) is 22.9 Å². The molecule has 0 saturated carbocycles. The van der Waals surface area contributed by atoms with Crippen LogP contribution in [-0.2, 0) is 0 Å². The highest BCUT2D eigenvalue weighted by Crippen LogP contribution is 2.38. The first-order valence-corrected chi connectivity index (χ1v) is 20.2. The van der Waals surface area contributed by atoms with E-state index in [4.69, 9.17) is 0 Å². The maximum Gasteiger partial charge on any atom is -0.00268 e. The molecule has 9 aromatic rings. The molecule has 0 N–H and O–H groups in total. The third-order valence-corrected chi connectivity index (χ3v) is 10.1. The summed E-state index contributed by atoms with van der Waals surface area (Å²) in [5, 5.41) is 4.08. The van der Waals surface area contributed by atoms with Crippen LogP contribution in [0.3, 0.4) is 0 Å². The predicted molar refractivity (Wildman–Crippen MR) is 246 cm³/mol. The highest BCUT2D eigenvalue weighted by Gasteiger charge is 2.17. The number of hydrogen-bond donors (Lipinski definition) is 0. The molecule has 9 rings (SSSR count). The summed E-state index contributed by atoms with van der Waals surface area (Å²) in [6.45, 7) is 0. The van der Waals surface area contributed by atoms with Crippen LogP contribution in [0.4, 0.5) is 0 Å². The molecule has 0 unspecified atom stereocenters. The number of hydrogen-bond acceptors (Lipinski definition) is 1. The third kappa shape index (κ3) is 10.4. The topological polar surface area (TPSA) is 0 Å². The van der Waals surface area contributed by atoms with Crippen molar-refractivity contribution in [1.29, 1.82) is 0 Å². The van der Waals surface area contributed by atoms with Crippen molar-refractivity contribution in [1.82, 2.24) is 0 Å². The lowest BCUT2D eigenvalue weighted by Crippen LogP contribution is -1.97. The van der Waals surface area contributed by atoms with E-state index in [0.717, 1.165) is 0 Å². The number of benzene rings is 8. The van der Waals surface area contributed by atoms with Gasteiger partial charge in [0.05, 0.1) is 0 Å². The predicted octanol–water partition coefficient (Wildman–Crippen LogP) is 15.1. The van der Waals surface area contributed by atoms with Gasteiger partial charge in [0.15, 0.2) is 0 Å². The summed E-state index contributed by atoms with van der Waals surface area (Å²) in [5.41, 5.74) is 14.8. The average molecular weight is 749 g/mol. The van der Waals surface area contributed by atoms with E-state index < -0.39 is 0 Å². The summed E-state index contributed by atoms with van der Waals surface area (Å²) in [6, 6.07) is 89.2. The van der Waals surface area contributed by atoms with Gasteiger partial charge < -0.3 is 0 Å². The Bertz CT molecular complexity index is 2000. The van der Waals surface area contributed by atoms with Gasteiger partial charge in [-0.3, -0.25) is 0 Å². The van der Waals surface area contributed by atoms with Crippen LogP contribution >= 0.6 is 11.3 Å². The Hall–Kier alpha value is -7.06. The molecule has 0 saturated heterocycles. The maximum atomic E-state index is 2.19. The molecule has 0 fully saturated rings. The molecule has 0 aliphatic rings. The molecule has 0 spiro atoms. The fourth-order valence-corrected chi connectivity index (χ4v) is 7.34. The zero-order valence-corrected chi connectivity index (χ0v) is 32.6. The van der Waals surface area contributed by atoms with Gasteiger partial charge in [0.2, 0.25) is 0 Å². The lowest BCUT2D eigenvalue weighted by Gasteiger charge is -2.18. The monoisotopic (exact) mass is 748 g/mol. The number of rotatable bonds is 8. The second-order valence-electron chi connectivity index (χ2n) is 13.2. The molecule has 1 aromatic heterocycles.